The number of carbonyl (C=O) groups is 1. The summed E-state index contributed by atoms with van der Waals surface area (Å²) in [5, 5.41) is 23.2. The normalized spacial score (nSPS) is 10.1. The largest absolute Gasteiger partial charge is 0.478 e. The van der Waals surface area contributed by atoms with Crippen molar-refractivity contribution in [1.82, 2.24) is 9.78 Å². The minimum atomic E-state index is -1.14. The van der Waals surface area contributed by atoms with Crippen molar-refractivity contribution in [2.45, 2.75) is 20.4 Å². The summed E-state index contributed by atoms with van der Waals surface area (Å²) in [7, 11) is 0. The second kappa shape index (κ2) is 4.13. The van der Waals surface area contributed by atoms with Crippen LogP contribution in [-0.2, 0) is 11.3 Å². The van der Waals surface area contributed by atoms with Crippen molar-refractivity contribution in [1.29, 1.82) is 0 Å². The maximum Gasteiger partial charge on any atom is 0.332 e. The van der Waals surface area contributed by atoms with E-state index in [1.807, 2.05) is 0 Å². The third-order valence-electron chi connectivity index (χ3n) is 2.17. The number of aryl methyl sites for hydroxylation is 1. The van der Waals surface area contributed by atoms with Gasteiger partial charge in [0.25, 0.3) is 0 Å². The fourth-order valence-electron chi connectivity index (χ4n) is 1.35. The van der Waals surface area contributed by atoms with Gasteiger partial charge in [0.15, 0.2) is 0 Å². The molecule has 0 amide bonds. The fraction of sp³-hybridized carbons (Fsp3) is 0.333. The van der Waals surface area contributed by atoms with Crippen molar-refractivity contribution < 1.29 is 14.8 Å². The Hall–Kier alpha value is -2.18. The number of hydrogen-bond donors (Lipinski definition) is 1. The highest BCUT2D eigenvalue weighted by molar-refractivity contribution is 5.85. The van der Waals surface area contributed by atoms with Crippen LogP contribution in [0.3, 0.4) is 0 Å². The zero-order chi connectivity index (χ0) is 12.5. The molecule has 86 valence electrons. The lowest BCUT2D eigenvalue weighted by atomic mass is 10.3. The van der Waals surface area contributed by atoms with Crippen LogP contribution in [-0.4, -0.2) is 25.8 Å². The topological polar surface area (TPSA) is 98.3 Å². The number of carboxylic acids is 1. The molecule has 1 aromatic heterocycles. The first-order chi connectivity index (χ1) is 7.34. The standard InChI is InChI=1S/C9H11N3O4/c1-5(9(13)14)4-11-7(3)8(12(15)16)6(2)10-11/h1,4H2,2-3H3,(H,13,14). The molecule has 0 saturated heterocycles. The number of hydrogen-bond acceptors (Lipinski definition) is 4. The molecule has 0 aliphatic heterocycles. The van der Waals surface area contributed by atoms with Gasteiger partial charge in [-0.1, -0.05) is 6.58 Å². The summed E-state index contributed by atoms with van der Waals surface area (Å²) in [6.07, 6.45) is 0. The predicted octanol–water partition coefficient (Wildman–Crippen LogP) is 1.05. The Morgan fingerprint density at radius 3 is 2.56 bits per heavy atom. The molecule has 0 radical (unpaired) electrons. The van der Waals surface area contributed by atoms with Gasteiger partial charge in [-0.05, 0) is 13.8 Å². The van der Waals surface area contributed by atoms with Crippen LogP contribution >= 0.6 is 0 Å². The first kappa shape index (κ1) is 11.9. The van der Waals surface area contributed by atoms with Gasteiger partial charge in [-0.3, -0.25) is 14.8 Å². The first-order valence-electron chi connectivity index (χ1n) is 4.44. The number of nitro groups is 1. The van der Waals surface area contributed by atoms with E-state index in [1.54, 1.807) is 0 Å². The lowest BCUT2D eigenvalue weighted by molar-refractivity contribution is -0.386. The Bertz CT molecular complexity index is 475. The lowest BCUT2D eigenvalue weighted by Crippen LogP contribution is -2.10. The average Bonchev–Trinajstić information content (AvgIpc) is 2.41. The number of aliphatic carboxylic acids is 1. The number of nitrogens with zero attached hydrogens (tertiary/aromatic N) is 3. The third-order valence-corrected chi connectivity index (χ3v) is 2.17. The Morgan fingerprint density at radius 2 is 2.19 bits per heavy atom. The highest BCUT2D eigenvalue weighted by Gasteiger charge is 2.22. The number of rotatable bonds is 4. The van der Waals surface area contributed by atoms with E-state index in [9.17, 15) is 14.9 Å². The number of aromatic nitrogens is 2. The summed E-state index contributed by atoms with van der Waals surface area (Å²) in [6.45, 7) is 6.31. The van der Waals surface area contributed by atoms with Crippen molar-refractivity contribution >= 4 is 11.7 Å². The molecule has 0 bridgehead atoms. The number of carboxylic acid groups (broad SMARTS) is 1. The average molecular weight is 225 g/mol. The van der Waals surface area contributed by atoms with Gasteiger partial charge in [-0.2, -0.15) is 5.10 Å². The molecule has 0 aliphatic rings. The van der Waals surface area contributed by atoms with Gasteiger partial charge in [0, 0.05) is 0 Å². The van der Waals surface area contributed by atoms with Gasteiger partial charge < -0.3 is 5.11 Å². The van der Waals surface area contributed by atoms with Gasteiger partial charge >= 0.3 is 11.7 Å². The maximum absolute atomic E-state index is 10.7. The van der Waals surface area contributed by atoms with Crippen molar-refractivity contribution in [3.8, 4) is 0 Å². The van der Waals surface area contributed by atoms with Crippen LogP contribution in [0.2, 0.25) is 0 Å². The van der Waals surface area contributed by atoms with Gasteiger partial charge in [0.05, 0.1) is 17.0 Å². The Labute approximate surface area is 91.1 Å². The molecule has 0 unspecified atom stereocenters. The highest BCUT2D eigenvalue weighted by Crippen LogP contribution is 2.22. The smallest absolute Gasteiger partial charge is 0.332 e. The summed E-state index contributed by atoms with van der Waals surface area (Å²) in [5.41, 5.74) is 0.435. The molecule has 0 aliphatic carbocycles. The molecule has 0 spiro atoms. The van der Waals surface area contributed by atoms with E-state index in [0.29, 0.717) is 5.69 Å². The second-order valence-corrected chi connectivity index (χ2v) is 3.34. The van der Waals surface area contributed by atoms with Crippen LogP contribution < -0.4 is 0 Å². The SMILES string of the molecule is C=C(Cn1nc(C)c([N+](=O)[O-])c1C)C(=O)O. The Balaban J connectivity index is 3.09. The minimum Gasteiger partial charge on any atom is -0.478 e. The van der Waals surface area contributed by atoms with Crippen LogP contribution in [0, 0.1) is 24.0 Å². The lowest BCUT2D eigenvalue weighted by Gasteiger charge is -2.02. The monoisotopic (exact) mass is 225 g/mol. The Morgan fingerprint density at radius 1 is 1.62 bits per heavy atom. The van der Waals surface area contributed by atoms with E-state index in [0.717, 1.165) is 0 Å². The zero-order valence-electron chi connectivity index (χ0n) is 8.93. The minimum absolute atomic E-state index is 0.0597. The quantitative estimate of drug-likeness (QED) is 0.469. The molecule has 1 rings (SSSR count). The fourth-order valence-corrected chi connectivity index (χ4v) is 1.35. The van der Waals surface area contributed by atoms with E-state index >= 15 is 0 Å². The van der Waals surface area contributed by atoms with Crippen LogP contribution in [0.15, 0.2) is 12.2 Å². The van der Waals surface area contributed by atoms with Crippen molar-refractivity contribution in [2.24, 2.45) is 0 Å². The van der Waals surface area contributed by atoms with Crippen molar-refractivity contribution in [3.05, 3.63) is 33.7 Å². The van der Waals surface area contributed by atoms with Gasteiger partial charge in [0.2, 0.25) is 0 Å². The molecular weight excluding hydrogens is 214 g/mol. The van der Waals surface area contributed by atoms with Crippen molar-refractivity contribution in [2.75, 3.05) is 0 Å². The maximum atomic E-state index is 10.7. The summed E-state index contributed by atoms with van der Waals surface area (Å²) in [6, 6.07) is 0. The van der Waals surface area contributed by atoms with E-state index in [-0.39, 0.29) is 23.5 Å². The molecule has 16 heavy (non-hydrogen) atoms. The van der Waals surface area contributed by atoms with E-state index in [1.165, 1.54) is 18.5 Å². The van der Waals surface area contributed by atoms with E-state index in [4.69, 9.17) is 5.11 Å². The molecular formula is C9H11N3O4. The van der Waals surface area contributed by atoms with Crippen LogP contribution in [0.5, 0.6) is 0 Å². The van der Waals surface area contributed by atoms with Crippen molar-refractivity contribution in [3.63, 3.8) is 0 Å². The predicted molar refractivity (Wildman–Crippen MR) is 55.1 cm³/mol. The molecule has 7 heteroatoms. The van der Waals surface area contributed by atoms with E-state index < -0.39 is 10.9 Å². The molecule has 0 aromatic carbocycles. The molecule has 1 N–H and O–H groups in total. The van der Waals surface area contributed by atoms with Gasteiger partial charge in [-0.15, -0.1) is 0 Å². The molecule has 7 nitrogen and oxygen atoms in total. The molecule has 1 aromatic rings. The third kappa shape index (κ3) is 2.08. The van der Waals surface area contributed by atoms with Crippen LogP contribution in [0.1, 0.15) is 11.4 Å². The first-order valence-corrected chi connectivity index (χ1v) is 4.44. The van der Waals surface area contributed by atoms with E-state index in [2.05, 4.69) is 11.7 Å². The summed E-state index contributed by atoms with van der Waals surface area (Å²) in [4.78, 5) is 20.7. The van der Waals surface area contributed by atoms with Gasteiger partial charge in [-0.25, -0.2) is 4.79 Å². The molecule has 1 heterocycles. The highest BCUT2D eigenvalue weighted by atomic mass is 16.6. The van der Waals surface area contributed by atoms with Crippen LogP contribution in [0.25, 0.3) is 0 Å². The van der Waals surface area contributed by atoms with Gasteiger partial charge in [0.1, 0.15) is 11.4 Å². The molecule has 0 fully saturated rings. The summed E-state index contributed by atoms with van der Waals surface area (Å²) < 4.78 is 1.27. The molecule has 0 saturated carbocycles. The second-order valence-electron chi connectivity index (χ2n) is 3.34. The zero-order valence-corrected chi connectivity index (χ0v) is 8.93. The van der Waals surface area contributed by atoms with Crippen LogP contribution in [0.4, 0.5) is 5.69 Å². The summed E-state index contributed by atoms with van der Waals surface area (Å²) >= 11 is 0. The summed E-state index contributed by atoms with van der Waals surface area (Å²) in [5.74, 6) is -1.14. The Kier molecular flexibility index (Phi) is 3.07. The molecule has 0 atom stereocenters.